The zero-order chi connectivity index (χ0) is 27.9. The number of rotatable bonds is 8. The van der Waals surface area contributed by atoms with E-state index in [4.69, 9.17) is 5.11 Å². The van der Waals surface area contributed by atoms with Crippen LogP contribution in [-0.4, -0.2) is 31.1 Å². The molecule has 2 N–H and O–H groups in total. The summed E-state index contributed by atoms with van der Waals surface area (Å²) < 4.78 is 0. The van der Waals surface area contributed by atoms with E-state index in [1.165, 1.54) is 41.6 Å². The number of carboxylic acid groups (broad SMARTS) is 1. The molecule has 0 saturated heterocycles. The maximum absolute atomic E-state index is 14.1. The Morgan fingerprint density at radius 3 is 2.20 bits per heavy atom. The number of carbonyl (C=O) groups excluding carboxylic acids is 1. The van der Waals surface area contributed by atoms with E-state index in [1.807, 2.05) is 24.3 Å². The van der Waals surface area contributed by atoms with Gasteiger partial charge in [0, 0.05) is 31.5 Å². The van der Waals surface area contributed by atoms with Gasteiger partial charge in [0.05, 0.1) is 5.41 Å². The topological polar surface area (TPSA) is 69.6 Å². The van der Waals surface area contributed by atoms with Crippen LogP contribution in [0, 0.1) is 29.1 Å². The SMILES string of the molecule is CN(C)c1ccc(-c2ccc(CC3C4CC5CC(C4)CC3(C(=O)Nc3cccc(/C=C/C(=O)O)c3)C5)cc2)cc1. The molecule has 7 rings (SSSR count). The molecular formula is C35H38N2O3. The summed E-state index contributed by atoms with van der Waals surface area (Å²) in [6.45, 7) is 0. The summed E-state index contributed by atoms with van der Waals surface area (Å²) >= 11 is 0. The molecule has 4 aliphatic carbocycles. The number of anilines is 2. The molecule has 40 heavy (non-hydrogen) atoms. The lowest BCUT2D eigenvalue weighted by molar-refractivity contribution is -0.154. The zero-order valence-corrected chi connectivity index (χ0v) is 23.3. The first-order valence-corrected chi connectivity index (χ1v) is 14.5. The number of carboxylic acids is 1. The fraction of sp³-hybridized carbons (Fsp3) is 0.371. The summed E-state index contributed by atoms with van der Waals surface area (Å²) in [4.78, 5) is 27.2. The number of nitrogens with one attached hydrogen (secondary N) is 1. The van der Waals surface area contributed by atoms with Gasteiger partial charge in [0.1, 0.15) is 0 Å². The number of hydrogen-bond acceptors (Lipinski definition) is 3. The summed E-state index contributed by atoms with van der Waals surface area (Å²) in [6, 6.07) is 25.1. The number of carbonyl (C=O) groups is 2. The van der Waals surface area contributed by atoms with E-state index in [0.717, 1.165) is 36.6 Å². The third kappa shape index (κ3) is 5.17. The normalized spacial score (nSPS) is 26.6. The molecular weight excluding hydrogens is 496 g/mol. The molecule has 4 fully saturated rings. The molecule has 3 aromatic carbocycles. The van der Waals surface area contributed by atoms with Crippen LogP contribution in [0.15, 0.2) is 78.9 Å². The second-order valence-corrected chi connectivity index (χ2v) is 12.5. The van der Waals surface area contributed by atoms with Crippen LogP contribution in [0.3, 0.4) is 0 Å². The maximum atomic E-state index is 14.1. The van der Waals surface area contributed by atoms with Gasteiger partial charge in [-0.15, -0.1) is 0 Å². The summed E-state index contributed by atoms with van der Waals surface area (Å²) in [5.41, 5.74) is 6.07. The van der Waals surface area contributed by atoms with Gasteiger partial charge < -0.3 is 15.3 Å². The molecule has 4 aliphatic rings. The molecule has 5 heteroatoms. The molecule has 0 radical (unpaired) electrons. The van der Waals surface area contributed by atoms with Gasteiger partial charge in [0.15, 0.2) is 0 Å². The average molecular weight is 535 g/mol. The lowest BCUT2D eigenvalue weighted by atomic mass is 9.44. The van der Waals surface area contributed by atoms with E-state index in [0.29, 0.717) is 23.7 Å². The van der Waals surface area contributed by atoms with Crippen LogP contribution in [0.25, 0.3) is 17.2 Å². The Morgan fingerprint density at radius 1 is 0.925 bits per heavy atom. The van der Waals surface area contributed by atoms with E-state index in [2.05, 4.69) is 72.8 Å². The quantitative estimate of drug-likeness (QED) is 0.301. The van der Waals surface area contributed by atoms with Gasteiger partial charge in [-0.3, -0.25) is 4.79 Å². The van der Waals surface area contributed by atoms with Gasteiger partial charge in [0.2, 0.25) is 5.91 Å². The lowest BCUT2D eigenvalue weighted by Gasteiger charge is -2.60. The number of nitrogens with zero attached hydrogens (tertiary/aromatic N) is 1. The highest BCUT2D eigenvalue weighted by molar-refractivity contribution is 5.96. The van der Waals surface area contributed by atoms with Crippen LogP contribution in [0.5, 0.6) is 0 Å². The largest absolute Gasteiger partial charge is 0.478 e. The summed E-state index contributed by atoms with van der Waals surface area (Å²) in [5, 5.41) is 12.2. The molecule has 3 unspecified atom stereocenters. The molecule has 0 spiro atoms. The number of aliphatic carboxylic acids is 1. The second-order valence-electron chi connectivity index (χ2n) is 12.5. The van der Waals surface area contributed by atoms with Crippen molar-refractivity contribution in [3.63, 3.8) is 0 Å². The first kappa shape index (κ1) is 26.4. The molecule has 1 amide bonds. The highest BCUT2D eigenvalue weighted by atomic mass is 16.4. The van der Waals surface area contributed by atoms with E-state index in [-0.39, 0.29) is 11.3 Å². The van der Waals surface area contributed by atoms with Crippen molar-refractivity contribution in [1.82, 2.24) is 0 Å². The molecule has 0 heterocycles. The van der Waals surface area contributed by atoms with Crippen LogP contribution < -0.4 is 10.2 Å². The van der Waals surface area contributed by atoms with Crippen molar-refractivity contribution in [3.8, 4) is 11.1 Å². The van der Waals surface area contributed by atoms with Crippen LogP contribution in [0.4, 0.5) is 11.4 Å². The van der Waals surface area contributed by atoms with E-state index < -0.39 is 5.97 Å². The van der Waals surface area contributed by atoms with Gasteiger partial charge in [0.25, 0.3) is 0 Å². The highest BCUT2D eigenvalue weighted by Gasteiger charge is 2.60. The van der Waals surface area contributed by atoms with Gasteiger partial charge in [-0.2, -0.15) is 0 Å². The van der Waals surface area contributed by atoms with Crippen molar-refractivity contribution in [2.24, 2.45) is 29.1 Å². The Labute approximate surface area is 236 Å². The molecule has 4 bridgehead atoms. The Balaban J connectivity index is 1.22. The predicted octanol–water partition coefficient (Wildman–Crippen LogP) is 7.14. The van der Waals surface area contributed by atoms with Crippen LogP contribution in [0.2, 0.25) is 0 Å². The fourth-order valence-electron chi connectivity index (χ4n) is 8.04. The van der Waals surface area contributed by atoms with E-state index >= 15 is 0 Å². The van der Waals surface area contributed by atoms with Gasteiger partial charge in [-0.25, -0.2) is 4.79 Å². The number of hydrogen-bond donors (Lipinski definition) is 2. The molecule has 3 aromatic rings. The molecule has 5 nitrogen and oxygen atoms in total. The highest BCUT2D eigenvalue weighted by Crippen LogP contribution is 2.64. The second kappa shape index (κ2) is 10.6. The maximum Gasteiger partial charge on any atom is 0.328 e. The Bertz CT molecular complexity index is 1410. The van der Waals surface area contributed by atoms with Crippen molar-refractivity contribution < 1.29 is 14.7 Å². The Kier molecular flexibility index (Phi) is 6.99. The van der Waals surface area contributed by atoms with Gasteiger partial charge >= 0.3 is 5.97 Å². The minimum absolute atomic E-state index is 0.147. The smallest absolute Gasteiger partial charge is 0.328 e. The van der Waals surface area contributed by atoms with E-state index in [9.17, 15) is 9.59 Å². The third-order valence-corrected chi connectivity index (χ3v) is 9.67. The third-order valence-electron chi connectivity index (χ3n) is 9.67. The van der Waals surface area contributed by atoms with Crippen LogP contribution in [0.1, 0.15) is 43.2 Å². The average Bonchev–Trinajstić information content (AvgIpc) is 2.94. The summed E-state index contributed by atoms with van der Waals surface area (Å²) in [6.07, 6.45) is 9.35. The summed E-state index contributed by atoms with van der Waals surface area (Å²) in [7, 11) is 4.11. The zero-order valence-electron chi connectivity index (χ0n) is 23.3. The first-order valence-electron chi connectivity index (χ1n) is 14.5. The molecule has 3 atom stereocenters. The number of amides is 1. The molecule has 0 aromatic heterocycles. The minimum atomic E-state index is -0.985. The van der Waals surface area contributed by atoms with Crippen molar-refractivity contribution in [3.05, 3.63) is 90.0 Å². The van der Waals surface area contributed by atoms with Crippen molar-refractivity contribution in [2.75, 3.05) is 24.3 Å². The first-order chi connectivity index (χ1) is 19.3. The molecule has 206 valence electrons. The van der Waals surface area contributed by atoms with Crippen LogP contribution in [-0.2, 0) is 16.0 Å². The van der Waals surface area contributed by atoms with Crippen molar-refractivity contribution in [1.29, 1.82) is 0 Å². The van der Waals surface area contributed by atoms with Gasteiger partial charge in [-0.05, 0) is 115 Å². The minimum Gasteiger partial charge on any atom is -0.478 e. The fourth-order valence-corrected chi connectivity index (χ4v) is 8.04. The van der Waals surface area contributed by atoms with Gasteiger partial charge in [-0.1, -0.05) is 48.5 Å². The molecule has 0 aliphatic heterocycles. The lowest BCUT2D eigenvalue weighted by Crippen LogP contribution is -2.58. The van der Waals surface area contributed by atoms with Crippen LogP contribution >= 0.6 is 0 Å². The molecule has 4 saturated carbocycles. The predicted molar refractivity (Wildman–Crippen MR) is 161 cm³/mol. The monoisotopic (exact) mass is 534 g/mol. The standard InChI is InChI=1S/C35H38N2O3/c1-37(2)31-13-11-28(12-14-31)27-9-6-24(7-10-27)20-32-29-17-25-16-26(18-29)22-35(32,21-25)34(40)36-30-5-3-4-23(19-30)8-15-33(38)39/h3-15,19,25-26,29,32H,16-18,20-22H2,1-2H3,(H,36,40)(H,38,39)/b15-8+. The Morgan fingerprint density at radius 2 is 1.57 bits per heavy atom. The van der Waals surface area contributed by atoms with E-state index in [1.54, 1.807) is 6.08 Å². The van der Waals surface area contributed by atoms with Crippen molar-refractivity contribution in [2.45, 2.75) is 38.5 Å². The van der Waals surface area contributed by atoms with Crippen molar-refractivity contribution >= 4 is 29.3 Å². The summed E-state index contributed by atoms with van der Waals surface area (Å²) in [5.74, 6) is 1.39. The Hall–Kier alpha value is -3.86. The number of benzene rings is 3.